The first-order valence-corrected chi connectivity index (χ1v) is 4.03. The van der Waals surface area contributed by atoms with E-state index in [9.17, 15) is 0 Å². The van der Waals surface area contributed by atoms with Crippen LogP contribution in [0.1, 0.15) is 5.56 Å². The number of fused-ring (bicyclic) bond motifs is 1. The molecule has 2 rings (SSSR count). The van der Waals surface area contributed by atoms with Crippen molar-refractivity contribution >= 4 is 28.5 Å². The van der Waals surface area contributed by atoms with Gasteiger partial charge in [-0.1, -0.05) is 24.4 Å². The van der Waals surface area contributed by atoms with Crippen LogP contribution in [0.5, 0.6) is 0 Å². The number of hydrogen-bond donors (Lipinski definition) is 0. The van der Waals surface area contributed by atoms with Gasteiger partial charge in [-0.05, 0) is 11.6 Å². The number of benzene rings is 1. The summed E-state index contributed by atoms with van der Waals surface area (Å²) in [6.45, 7) is 0. The molecule has 1 aromatic heterocycles. The van der Waals surface area contributed by atoms with Gasteiger partial charge >= 0.3 is 0 Å². The van der Waals surface area contributed by atoms with Crippen molar-refractivity contribution in [3.05, 3.63) is 36.3 Å². The van der Waals surface area contributed by atoms with Gasteiger partial charge in [0.15, 0.2) is 0 Å². The molecular weight excluding hydrogens is 168 g/mol. The Bertz CT molecular complexity index is 420. The quantitative estimate of drug-likeness (QED) is 0.618. The molecule has 0 fully saturated rings. The summed E-state index contributed by atoms with van der Waals surface area (Å²) in [6, 6.07) is 5.84. The molecule has 2 aromatic rings. The van der Waals surface area contributed by atoms with Gasteiger partial charge in [0.05, 0.1) is 5.52 Å². The molecule has 0 aliphatic rings. The minimum absolute atomic E-state index is 0.934. The van der Waals surface area contributed by atoms with Crippen molar-refractivity contribution in [3.8, 4) is 0 Å². The van der Waals surface area contributed by atoms with E-state index in [1.54, 1.807) is 11.6 Å². The van der Waals surface area contributed by atoms with Crippen LogP contribution in [-0.4, -0.2) is 15.3 Å². The summed E-state index contributed by atoms with van der Waals surface area (Å²) < 4.78 is 0. The maximum Gasteiger partial charge on any atom is 0.116 e. The van der Waals surface area contributed by atoms with E-state index < -0.39 is 0 Å². The lowest BCUT2D eigenvalue weighted by atomic mass is 10.1. The molecule has 0 saturated heterocycles. The fraction of sp³-hybridized carbons (Fsp3) is 0. The highest BCUT2D eigenvalue weighted by Gasteiger charge is 1.96. The first-order valence-electron chi connectivity index (χ1n) is 3.56. The van der Waals surface area contributed by atoms with E-state index >= 15 is 0 Å². The summed E-state index contributed by atoms with van der Waals surface area (Å²) in [7, 11) is 0. The lowest BCUT2D eigenvalue weighted by Crippen LogP contribution is -1.85. The minimum Gasteiger partial charge on any atom is -0.244 e. The first kappa shape index (κ1) is 7.31. The van der Waals surface area contributed by atoms with Gasteiger partial charge in [0, 0.05) is 17.0 Å². The Hall–Kier alpha value is -1.35. The summed E-state index contributed by atoms with van der Waals surface area (Å²) >= 11 is 4.87. The van der Waals surface area contributed by atoms with Gasteiger partial charge in [-0.15, -0.1) is 0 Å². The molecule has 0 saturated carbocycles. The number of hydrogen-bond acceptors (Lipinski definition) is 3. The Morgan fingerprint density at radius 2 is 2.25 bits per heavy atom. The highest BCUT2D eigenvalue weighted by atomic mass is 32.1. The van der Waals surface area contributed by atoms with Gasteiger partial charge in [0.25, 0.3) is 0 Å². The highest BCUT2D eigenvalue weighted by Crippen LogP contribution is 2.12. The number of thiocarbonyl (C=S) groups is 1. The van der Waals surface area contributed by atoms with E-state index in [1.165, 1.54) is 6.33 Å². The zero-order valence-electron chi connectivity index (χ0n) is 6.27. The second-order valence-electron chi connectivity index (χ2n) is 2.42. The van der Waals surface area contributed by atoms with Gasteiger partial charge in [0.2, 0.25) is 0 Å². The Morgan fingerprint density at radius 1 is 1.33 bits per heavy atom. The molecule has 12 heavy (non-hydrogen) atoms. The predicted molar refractivity (Wildman–Crippen MR) is 52.3 cm³/mol. The van der Waals surface area contributed by atoms with Gasteiger partial charge in [-0.2, -0.15) is 0 Å². The molecule has 0 aliphatic carbocycles. The smallest absolute Gasteiger partial charge is 0.116 e. The third-order valence-electron chi connectivity index (χ3n) is 1.71. The van der Waals surface area contributed by atoms with Crippen LogP contribution in [0.4, 0.5) is 0 Å². The molecule has 1 heterocycles. The number of aromatic nitrogens is 2. The first-order chi connectivity index (χ1) is 5.92. The van der Waals surface area contributed by atoms with Crippen LogP contribution < -0.4 is 0 Å². The molecule has 0 amide bonds. The fourth-order valence-corrected chi connectivity index (χ4v) is 1.34. The van der Waals surface area contributed by atoms with Crippen molar-refractivity contribution in [2.75, 3.05) is 0 Å². The molecule has 0 unspecified atom stereocenters. The number of rotatable bonds is 1. The maximum atomic E-state index is 4.87. The maximum absolute atomic E-state index is 4.87. The van der Waals surface area contributed by atoms with E-state index in [0.717, 1.165) is 16.5 Å². The molecule has 0 N–H and O–H groups in total. The summed E-state index contributed by atoms with van der Waals surface area (Å²) in [5.41, 5.74) is 1.94. The molecule has 1 aromatic carbocycles. The van der Waals surface area contributed by atoms with E-state index in [4.69, 9.17) is 12.2 Å². The third-order valence-corrected chi connectivity index (χ3v) is 1.96. The average molecular weight is 174 g/mol. The van der Waals surface area contributed by atoms with Crippen molar-refractivity contribution in [3.63, 3.8) is 0 Å². The van der Waals surface area contributed by atoms with Crippen molar-refractivity contribution in [2.45, 2.75) is 0 Å². The second-order valence-corrected chi connectivity index (χ2v) is 2.66. The fourth-order valence-electron chi connectivity index (χ4n) is 1.13. The standard InChI is InChI=1S/C9H6N2S/c12-5-7-2-1-3-9-8(7)4-10-6-11-9/h1-6H. The van der Waals surface area contributed by atoms with Crippen LogP contribution in [0.15, 0.2) is 30.7 Å². The van der Waals surface area contributed by atoms with Crippen LogP contribution in [0.2, 0.25) is 0 Å². The third kappa shape index (κ3) is 1.08. The van der Waals surface area contributed by atoms with E-state index in [2.05, 4.69) is 9.97 Å². The lowest BCUT2D eigenvalue weighted by Gasteiger charge is -1.97. The van der Waals surface area contributed by atoms with Crippen molar-refractivity contribution in [2.24, 2.45) is 0 Å². The molecule has 2 nitrogen and oxygen atoms in total. The van der Waals surface area contributed by atoms with Gasteiger partial charge in [-0.25, -0.2) is 9.97 Å². The SMILES string of the molecule is S=Cc1cccc2ncncc12. The van der Waals surface area contributed by atoms with Crippen LogP contribution in [0, 0.1) is 0 Å². The minimum atomic E-state index is 0.934. The Labute approximate surface area is 75.3 Å². The van der Waals surface area contributed by atoms with Crippen LogP contribution in [0.25, 0.3) is 10.9 Å². The van der Waals surface area contributed by atoms with Crippen LogP contribution in [0.3, 0.4) is 0 Å². The van der Waals surface area contributed by atoms with Gasteiger partial charge < -0.3 is 0 Å². The lowest BCUT2D eigenvalue weighted by molar-refractivity contribution is 1.22. The molecule has 3 heteroatoms. The van der Waals surface area contributed by atoms with E-state index in [-0.39, 0.29) is 0 Å². The molecule has 58 valence electrons. The Morgan fingerprint density at radius 3 is 3.08 bits per heavy atom. The second kappa shape index (κ2) is 2.95. The van der Waals surface area contributed by atoms with Crippen molar-refractivity contribution in [1.82, 2.24) is 9.97 Å². The molecule has 0 spiro atoms. The summed E-state index contributed by atoms with van der Waals surface area (Å²) in [5.74, 6) is 0. The highest BCUT2D eigenvalue weighted by molar-refractivity contribution is 7.79. The number of nitrogens with zero attached hydrogens (tertiary/aromatic N) is 2. The molecule has 0 atom stereocenters. The van der Waals surface area contributed by atoms with E-state index in [1.807, 2.05) is 18.2 Å². The Kier molecular flexibility index (Phi) is 1.80. The van der Waals surface area contributed by atoms with Crippen molar-refractivity contribution < 1.29 is 0 Å². The molecule has 0 radical (unpaired) electrons. The summed E-state index contributed by atoms with van der Waals surface area (Å²) in [5, 5.41) is 2.65. The Balaban J connectivity index is 2.88. The predicted octanol–water partition coefficient (Wildman–Crippen LogP) is 1.98. The van der Waals surface area contributed by atoms with Gasteiger partial charge in [0.1, 0.15) is 6.33 Å². The topological polar surface area (TPSA) is 25.8 Å². The zero-order valence-corrected chi connectivity index (χ0v) is 7.08. The molecule has 0 bridgehead atoms. The van der Waals surface area contributed by atoms with E-state index in [0.29, 0.717) is 0 Å². The van der Waals surface area contributed by atoms with Crippen LogP contribution in [-0.2, 0) is 0 Å². The summed E-state index contributed by atoms with van der Waals surface area (Å²) in [4.78, 5) is 8.06. The van der Waals surface area contributed by atoms with Crippen molar-refractivity contribution in [1.29, 1.82) is 0 Å². The van der Waals surface area contributed by atoms with Crippen LogP contribution >= 0.6 is 12.2 Å². The molecular formula is C9H6N2S. The largest absolute Gasteiger partial charge is 0.244 e. The average Bonchev–Trinajstić information content (AvgIpc) is 2.17. The summed E-state index contributed by atoms with van der Waals surface area (Å²) in [6.07, 6.45) is 3.32. The monoisotopic (exact) mass is 174 g/mol. The zero-order chi connectivity index (χ0) is 8.39. The van der Waals surface area contributed by atoms with Gasteiger partial charge in [-0.3, -0.25) is 0 Å². The molecule has 0 aliphatic heterocycles. The normalized spacial score (nSPS) is 10.0.